The van der Waals surface area contributed by atoms with Gasteiger partial charge in [-0.05, 0) is 44.2 Å². The summed E-state index contributed by atoms with van der Waals surface area (Å²) in [5.41, 5.74) is 3.93. The molecule has 8 heteroatoms. The number of nitrogens with one attached hydrogen (secondary N) is 2. The number of aromatic nitrogens is 4. The number of benzene rings is 1. The van der Waals surface area contributed by atoms with Crippen LogP contribution in [-0.4, -0.2) is 32.5 Å². The number of carbonyl (C=O) groups excluding carboxylic acids is 1. The summed E-state index contributed by atoms with van der Waals surface area (Å²) in [5.74, 6) is 0.197. The molecule has 0 bridgehead atoms. The lowest BCUT2D eigenvalue weighted by atomic mass is 10.1. The number of halogens is 1. The van der Waals surface area contributed by atoms with E-state index in [1.54, 1.807) is 37.6 Å². The van der Waals surface area contributed by atoms with Gasteiger partial charge in [0.05, 0.1) is 17.4 Å². The molecule has 3 aromatic heterocycles. The van der Waals surface area contributed by atoms with Crippen LogP contribution in [0.5, 0.6) is 0 Å². The molecule has 0 unspecified atom stereocenters. The van der Waals surface area contributed by atoms with Crippen LogP contribution in [0.1, 0.15) is 30.2 Å². The Balaban J connectivity index is 1.72. The second kappa shape index (κ2) is 8.12. The lowest BCUT2D eigenvalue weighted by Gasteiger charge is -2.09. The average molecular weight is 421 g/mol. The monoisotopic (exact) mass is 420 g/mol. The molecule has 7 nitrogen and oxygen atoms in total. The standard InChI is InChI=1S/C22H21ClN6O/c1-13(2)29-12-18(17-4-6-25-11-20(17)29)19-5-7-26-22(28-19)27-16-9-14(21(30)24-3)8-15(23)10-16/h4-13H,1-3H3,(H,24,30)(H,26,27,28). The largest absolute Gasteiger partial charge is 0.355 e. The van der Waals surface area contributed by atoms with E-state index in [1.807, 2.05) is 18.3 Å². The van der Waals surface area contributed by atoms with Gasteiger partial charge in [-0.15, -0.1) is 0 Å². The predicted octanol–water partition coefficient (Wildman–Crippen LogP) is 4.83. The molecule has 0 fully saturated rings. The summed E-state index contributed by atoms with van der Waals surface area (Å²) in [6.07, 6.45) is 7.44. The molecule has 4 rings (SSSR count). The molecule has 0 aliphatic carbocycles. The molecule has 1 amide bonds. The molecule has 3 heterocycles. The van der Waals surface area contributed by atoms with E-state index in [-0.39, 0.29) is 5.91 Å². The van der Waals surface area contributed by atoms with Crippen LogP contribution >= 0.6 is 11.6 Å². The smallest absolute Gasteiger partial charge is 0.251 e. The van der Waals surface area contributed by atoms with Crippen LogP contribution in [0.15, 0.2) is 55.1 Å². The highest BCUT2D eigenvalue weighted by atomic mass is 35.5. The Morgan fingerprint density at radius 2 is 2.00 bits per heavy atom. The van der Waals surface area contributed by atoms with Gasteiger partial charge in [0.1, 0.15) is 0 Å². The summed E-state index contributed by atoms with van der Waals surface area (Å²) in [7, 11) is 1.58. The minimum absolute atomic E-state index is 0.217. The van der Waals surface area contributed by atoms with E-state index >= 15 is 0 Å². The Morgan fingerprint density at radius 3 is 2.77 bits per heavy atom. The van der Waals surface area contributed by atoms with Gasteiger partial charge < -0.3 is 15.2 Å². The zero-order valence-electron chi connectivity index (χ0n) is 16.8. The van der Waals surface area contributed by atoms with E-state index in [0.717, 1.165) is 22.2 Å². The van der Waals surface area contributed by atoms with Crippen molar-refractivity contribution >= 4 is 40.0 Å². The number of hydrogen-bond acceptors (Lipinski definition) is 5. The maximum absolute atomic E-state index is 12.0. The van der Waals surface area contributed by atoms with Crippen molar-refractivity contribution in [3.05, 3.63) is 65.7 Å². The molecule has 0 radical (unpaired) electrons. The molecule has 0 saturated heterocycles. The molecule has 0 aliphatic rings. The third-order valence-electron chi connectivity index (χ3n) is 4.77. The summed E-state index contributed by atoms with van der Waals surface area (Å²) < 4.78 is 2.18. The van der Waals surface area contributed by atoms with Crippen molar-refractivity contribution < 1.29 is 4.79 Å². The van der Waals surface area contributed by atoms with Crippen LogP contribution < -0.4 is 10.6 Å². The maximum atomic E-state index is 12.0. The first-order chi connectivity index (χ1) is 14.5. The first kappa shape index (κ1) is 19.8. The number of fused-ring (bicyclic) bond motifs is 1. The highest BCUT2D eigenvalue weighted by molar-refractivity contribution is 6.31. The van der Waals surface area contributed by atoms with Gasteiger partial charge in [0.2, 0.25) is 5.95 Å². The Morgan fingerprint density at radius 1 is 1.17 bits per heavy atom. The number of pyridine rings is 1. The number of amides is 1. The van der Waals surface area contributed by atoms with Gasteiger partial charge in [-0.2, -0.15) is 0 Å². The molecule has 30 heavy (non-hydrogen) atoms. The molecule has 152 valence electrons. The first-order valence-electron chi connectivity index (χ1n) is 9.54. The number of nitrogens with zero attached hydrogens (tertiary/aromatic N) is 4. The van der Waals surface area contributed by atoms with E-state index in [2.05, 4.69) is 50.2 Å². The fourth-order valence-corrected chi connectivity index (χ4v) is 3.60. The Hall–Kier alpha value is -3.45. The third kappa shape index (κ3) is 3.84. The van der Waals surface area contributed by atoms with Crippen molar-refractivity contribution in [2.24, 2.45) is 0 Å². The minimum atomic E-state index is -0.217. The van der Waals surface area contributed by atoms with E-state index in [0.29, 0.717) is 28.3 Å². The van der Waals surface area contributed by atoms with Gasteiger partial charge in [0.25, 0.3) is 5.91 Å². The summed E-state index contributed by atoms with van der Waals surface area (Å²) in [5, 5.41) is 7.26. The lowest BCUT2D eigenvalue weighted by molar-refractivity contribution is 0.0963. The Kier molecular flexibility index (Phi) is 5.37. The fourth-order valence-electron chi connectivity index (χ4n) is 3.36. The van der Waals surface area contributed by atoms with Crippen LogP contribution in [0.2, 0.25) is 5.02 Å². The highest BCUT2D eigenvalue weighted by Crippen LogP contribution is 2.31. The molecule has 2 N–H and O–H groups in total. The number of anilines is 2. The Labute approximate surface area is 179 Å². The normalized spacial score (nSPS) is 11.1. The third-order valence-corrected chi connectivity index (χ3v) is 4.99. The van der Waals surface area contributed by atoms with Gasteiger partial charge in [0.15, 0.2) is 0 Å². The second-order valence-corrected chi connectivity index (χ2v) is 7.57. The number of rotatable bonds is 5. The SMILES string of the molecule is CNC(=O)c1cc(Cl)cc(Nc2nccc(-c3cn(C(C)C)c4cnccc34)n2)c1. The maximum Gasteiger partial charge on any atom is 0.251 e. The lowest BCUT2D eigenvalue weighted by Crippen LogP contribution is -2.17. The molecular weight excluding hydrogens is 400 g/mol. The van der Waals surface area contributed by atoms with Crippen LogP contribution in [0.4, 0.5) is 11.6 Å². The topological polar surface area (TPSA) is 84.7 Å². The summed E-state index contributed by atoms with van der Waals surface area (Å²) in [4.78, 5) is 25.2. The zero-order chi connectivity index (χ0) is 21.3. The zero-order valence-corrected chi connectivity index (χ0v) is 17.6. The fraction of sp³-hybridized carbons (Fsp3) is 0.182. The van der Waals surface area contributed by atoms with Crippen molar-refractivity contribution in [3.63, 3.8) is 0 Å². The van der Waals surface area contributed by atoms with Gasteiger partial charge in [-0.25, -0.2) is 9.97 Å². The van der Waals surface area contributed by atoms with Crippen molar-refractivity contribution in [2.45, 2.75) is 19.9 Å². The predicted molar refractivity (Wildman–Crippen MR) is 119 cm³/mol. The van der Waals surface area contributed by atoms with Crippen molar-refractivity contribution in [2.75, 3.05) is 12.4 Å². The minimum Gasteiger partial charge on any atom is -0.355 e. The molecule has 0 spiro atoms. The van der Waals surface area contributed by atoms with Crippen LogP contribution in [0, 0.1) is 0 Å². The van der Waals surface area contributed by atoms with Crippen LogP contribution in [0.25, 0.3) is 22.2 Å². The molecule has 0 aliphatic heterocycles. The van der Waals surface area contributed by atoms with Crippen LogP contribution in [-0.2, 0) is 0 Å². The van der Waals surface area contributed by atoms with E-state index < -0.39 is 0 Å². The summed E-state index contributed by atoms with van der Waals surface area (Å²) >= 11 is 6.17. The van der Waals surface area contributed by atoms with Crippen molar-refractivity contribution in [1.82, 2.24) is 24.8 Å². The van der Waals surface area contributed by atoms with Crippen molar-refractivity contribution in [3.8, 4) is 11.3 Å². The molecule has 0 atom stereocenters. The quantitative estimate of drug-likeness (QED) is 0.483. The summed E-state index contributed by atoms with van der Waals surface area (Å²) in [6, 6.07) is 9.19. The average Bonchev–Trinajstić information content (AvgIpc) is 3.13. The van der Waals surface area contributed by atoms with Gasteiger partial charge in [-0.1, -0.05) is 11.6 Å². The van der Waals surface area contributed by atoms with Gasteiger partial charge in [0, 0.05) is 58.9 Å². The summed E-state index contributed by atoms with van der Waals surface area (Å²) in [6.45, 7) is 4.26. The molecule has 1 aromatic carbocycles. The van der Waals surface area contributed by atoms with E-state index in [9.17, 15) is 4.79 Å². The van der Waals surface area contributed by atoms with E-state index in [4.69, 9.17) is 11.6 Å². The molecule has 4 aromatic rings. The Bertz CT molecular complexity index is 1230. The molecular formula is C22H21ClN6O. The highest BCUT2D eigenvalue weighted by Gasteiger charge is 2.14. The van der Waals surface area contributed by atoms with Crippen LogP contribution in [0.3, 0.4) is 0 Å². The number of carbonyl (C=O) groups is 1. The van der Waals surface area contributed by atoms with E-state index in [1.165, 1.54) is 0 Å². The van der Waals surface area contributed by atoms with Crippen molar-refractivity contribution in [1.29, 1.82) is 0 Å². The number of hydrogen-bond donors (Lipinski definition) is 2. The molecule has 0 saturated carbocycles. The van der Waals surface area contributed by atoms with Gasteiger partial charge in [-0.3, -0.25) is 9.78 Å². The second-order valence-electron chi connectivity index (χ2n) is 7.13. The first-order valence-corrected chi connectivity index (χ1v) is 9.91. The van der Waals surface area contributed by atoms with Gasteiger partial charge >= 0.3 is 0 Å².